The van der Waals surface area contributed by atoms with E-state index in [9.17, 15) is 0 Å². The molecule has 1 aliphatic rings. The molecule has 0 aromatic carbocycles. The standard InChI is InChI=1S/C8H16O5.C3H7O.Al/c1-5(2)11-7(9)13-8(10)12-6(3)4;1-3(2)4;/h5-8H,1-4H3;3H,1-2H3;/q-2;-1;+3. The molecule has 0 bridgehead atoms. The Hall–Kier alpha value is 0.292. The Kier molecular flexibility index (Phi) is 7.06. The van der Waals surface area contributed by atoms with Crippen molar-refractivity contribution in [3.05, 3.63) is 0 Å². The maximum atomic E-state index is 5.57. The van der Waals surface area contributed by atoms with E-state index in [0.29, 0.717) is 0 Å². The van der Waals surface area contributed by atoms with Crippen molar-refractivity contribution in [1.82, 2.24) is 0 Å². The lowest BCUT2D eigenvalue weighted by Gasteiger charge is -2.34. The maximum absolute atomic E-state index is 5.57. The molecule has 1 saturated heterocycles. The Bertz CT molecular complexity index is 192. The number of hydrogen-bond acceptors (Lipinski definition) is 6. The van der Waals surface area contributed by atoms with Crippen molar-refractivity contribution in [1.29, 1.82) is 0 Å². The zero-order chi connectivity index (χ0) is 13.7. The fourth-order valence-electron chi connectivity index (χ4n) is 1.23. The highest BCUT2D eigenvalue weighted by molar-refractivity contribution is 6.36. The maximum Gasteiger partial charge on any atom is 0.912 e. The number of rotatable bonds is 6. The molecule has 2 atom stereocenters. The summed E-state index contributed by atoms with van der Waals surface area (Å²) in [5, 5.41) is 0. The van der Waals surface area contributed by atoms with Crippen LogP contribution in [0.1, 0.15) is 41.5 Å². The van der Waals surface area contributed by atoms with E-state index >= 15 is 0 Å². The van der Waals surface area contributed by atoms with Gasteiger partial charge in [-0.15, -0.1) is 0 Å². The predicted molar refractivity (Wildman–Crippen MR) is 65.2 cm³/mol. The molecular weight excluding hydrogens is 255 g/mol. The first-order chi connectivity index (χ1) is 8.36. The summed E-state index contributed by atoms with van der Waals surface area (Å²) in [4.78, 5) is 0. The predicted octanol–water partition coefficient (Wildman–Crippen LogP) is 1.88. The van der Waals surface area contributed by atoms with Crippen LogP contribution in [0.15, 0.2) is 0 Å². The Morgan fingerprint density at radius 2 is 1.22 bits per heavy atom. The minimum atomic E-state index is -2.29. The molecule has 0 aromatic heterocycles. The van der Waals surface area contributed by atoms with E-state index in [1.807, 2.05) is 41.5 Å². The number of ether oxygens (including phenoxy) is 3. The van der Waals surface area contributed by atoms with Gasteiger partial charge in [-0.2, -0.15) is 0 Å². The minimum Gasteiger partial charge on any atom is -0.452 e. The highest BCUT2D eigenvalue weighted by Crippen LogP contribution is 2.19. The molecule has 7 heteroatoms. The summed E-state index contributed by atoms with van der Waals surface area (Å²) in [6, 6.07) is 0. The lowest BCUT2D eigenvalue weighted by molar-refractivity contribution is -0.412. The van der Waals surface area contributed by atoms with Crippen LogP contribution in [0.25, 0.3) is 0 Å². The Morgan fingerprint density at radius 3 is 1.56 bits per heavy atom. The second kappa shape index (κ2) is 7.78. The van der Waals surface area contributed by atoms with Crippen molar-refractivity contribution >= 4 is 15.1 Å². The van der Waals surface area contributed by atoms with Crippen LogP contribution in [0.2, 0.25) is 0 Å². The molecule has 0 saturated carbocycles. The molecule has 0 aliphatic carbocycles. The molecule has 0 N–H and O–H groups in total. The summed E-state index contributed by atoms with van der Waals surface area (Å²) in [5.74, 6) is 0. The van der Waals surface area contributed by atoms with Crippen molar-refractivity contribution in [3.8, 4) is 0 Å². The smallest absolute Gasteiger partial charge is 0.452 e. The van der Waals surface area contributed by atoms with Crippen LogP contribution in [0.3, 0.4) is 0 Å². The van der Waals surface area contributed by atoms with Crippen LogP contribution in [0, 0.1) is 0 Å². The molecule has 0 radical (unpaired) electrons. The van der Waals surface area contributed by atoms with E-state index in [0.717, 1.165) is 0 Å². The number of hydrogen-bond donors (Lipinski definition) is 0. The van der Waals surface area contributed by atoms with Crippen molar-refractivity contribution in [2.45, 2.75) is 72.8 Å². The molecular formula is C11H23AlO6. The van der Waals surface area contributed by atoms with E-state index in [1.54, 1.807) is 0 Å². The highest BCUT2D eigenvalue weighted by Gasteiger charge is 2.45. The Labute approximate surface area is 114 Å². The molecule has 1 fully saturated rings. The van der Waals surface area contributed by atoms with Crippen molar-refractivity contribution in [2.75, 3.05) is 0 Å². The van der Waals surface area contributed by atoms with Gasteiger partial charge in [0.15, 0.2) is 0 Å². The molecule has 6 nitrogen and oxygen atoms in total. The van der Waals surface area contributed by atoms with E-state index in [4.69, 9.17) is 25.6 Å². The topological polar surface area (TPSA) is 55.4 Å². The van der Waals surface area contributed by atoms with Crippen LogP contribution in [-0.4, -0.2) is 46.4 Å². The normalized spacial score (nSPS) is 25.5. The molecule has 1 heterocycles. The third kappa shape index (κ3) is 6.46. The van der Waals surface area contributed by atoms with Crippen molar-refractivity contribution in [2.24, 2.45) is 0 Å². The van der Waals surface area contributed by atoms with Gasteiger partial charge in [0.05, 0.1) is 12.2 Å². The first kappa shape index (κ1) is 16.3. The van der Waals surface area contributed by atoms with Crippen LogP contribution < -0.4 is 0 Å². The fourth-order valence-corrected chi connectivity index (χ4v) is 2.48. The van der Waals surface area contributed by atoms with Gasteiger partial charge in [-0.05, 0) is 41.5 Å². The van der Waals surface area contributed by atoms with Gasteiger partial charge in [0.1, 0.15) is 0 Å². The zero-order valence-electron chi connectivity index (χ0n) is 11.9. The third-order valence-corrected chi connectivity index (χ3v) is 3.47. The Balaban J connectivity index is 2.54. The molecule has 1 rings (SSSR count). The van der Waals surface area contributed by atoms with Gasteiger partial charge in [0.25, 0.3) is 13.0 Å². The SMILES string of the molecule is CC(C)OC1OC(OC(C)C)[O][Al]([O]C(C)C)[O]1. The van der Waals surface area contributed by atoms with Gasteiger partial charge in [-0.3, -0.25) is 4.74 Å². The third-order valence-electron chi connectivity index (χ3n) is 1.82. The summed E-state index contributed by atoms with van der Waals surface area (Å²) in [7, 11) is 0. The molecule has 2 unspecified atom stereocenters. The van der Waals surface area contributed by atoms with Gasteiger partial charge in [0.2, 0.25) is 0 Å². The van der Waals surface area contributed by atoms with Crippen molar-refractivity contribution < 1.29 is 25.6 Å². The lowest BCUT2D eigenvalue weighted by Crippen LogP contribution is -2.49. The lowest BCUT2D eigenvalue weighted by atomic mass is 10.5. The molecule has 0 amide bonds. The highest BCUT2D eigenvalue weighted by atomic mass is 27.3. The van der Waals surface area contributed by atoms with Gasteiger partial charge in [-0.1, -0.05) is 0 Å². The molecule has 18 heavy (non-hydrogen) atoms. The summed E-state index contributed by atoms with van der Waals surface area (Å²) in [6.45, 7) is 9.87. The molecule has 106 valence electrons. The first-order valence-electron chi connectivity index (χ1n) is 6.29. The molecule has 1 aliphatic heterocycles. The fraction of sp³-hybridized carbons (Fsp3) is 1.00. The quantitative estimate of drug-likeness (QED) is 0.691. The van der Waals surface area contributed by atoms with Gasteiger partial charge < -0.3 is 20.8 Å². The second-order valence-corrected chi connectivity index (χ2v) is 6.22. The largest absolute Gasteiger partial charge is 0.912 e. The summed E-state index contributed by atoms with van der Waals surface area (Å²) < 4.78 is 32.9. The van der Waals surface area contributed by atoms with E-state index < -0.39 is 28.1 Å². The first-order valence-corrected chi connectivity index (χ1v) is 7.71. The summed E-state index contributed by atoms with van der Waals surface area (Å²) >= 11 is -2.29. The average molecular weight is 278 g/mol. The van der Waals surface area contributed by atoms with E-state index in [-0.39, 0.29) is 18.3 Å². The van der Waals surface area contributed by atoms with Crippen LogP contribution in [0.4, 0.5) is 0 Å². The van der Waals surface area contributed by atoms with Gasteiger partial charge >= 0.3 is 15.1 Å². The monoisotopic (exact) mass is 278 g/mol. The van der Waals surface area contributed by atoms with Crippen molar-refractivity contribution in [3.63, 3.8) is 0 Å². The van der Waals surface area contributed by atoms with Gasteiger partial charge in [0, 0.05) is 6.10 Å². The van der Waals surface area contributed by atoms with Crippen LogP contribution in [-0.2, 0) is 25.6 Å². The van der Waals surface area contributed by atoms with Gasteiger partial charge in [-0.25, -0.2) is 0 Å². The zero-order valence-corrected chi connectivity index (χ0v) is 13.1. The average Bonchev–Trinajstić information content (AvgIpc) is 2.12. The molecule has 0 spiro atoms. The Morgan fingerprint density at radius 1 is 0.778 bits per heavy atom. The van der Waals surface area contributed by atoms with Crippen LogP contribution >= 0.6 is 0 Å². The minimum absolute atomic E-state index is 0.0125. The van der Waals surface area contributed by atoms with Crippen LogP contribution in [0.5, 0.6) is 0 Å². The van der Waals surface area contributed by atoms with E-state index in [1.165, 1.54) is 0 Å². The summed E-state index contributed by atoms with van der Waals surface area (Å²) in [6.07, 6.45) is 0.00201. The second-order valence-electron chi connectivity index (χ2n) is 4.83. The molecule has 0 aromatic rings. The summed E-state index contributed by atoms with van der Waals surface area (Å²) in [5.41, 5.74) is 0. The van der Waals surface area contributed by atoms with E-state index in [2.05, 4.69) is 0 Å².